The number of hydrogen-bond donors (Lipinski definition) is 2. The van der Waals surface area contributed by atoms with E-state index in [0.717, 1.165) is 59.7 Å². The third-order valence-corrected chi connectivity index (χ3v) is 6.81. The van der Waals surface area contributed by atoms with Crippen LogP contribution in [0, 0.1) is 24.1 Å². The number of methoxy groups -OCH3 is 1. The second-order valence-electron chi connectivity index (χ2n) is 9.73. The lowest BCUT2D eigenvalue weighted by Crippen LogP contribution is -2.40. The molecule has 2 aromatic carbocycles. The number of aryl methyl sites for hydroxylation is 1. The van der Waals surface area contributed by atoms with E-state index in [1.54, 1.807) is 25.3 Å². The number of fused-ring (bicyclic) bond motifs is 1. The number of rotatable bonds is 5. The van der Waals surface area contributed by atoms with Gasteiger partial charge in [0.05, 0.1) is 35.5 Å². The molecule has 5 rings (SSSR count). The lowest BCUT2D eigenvalue weighted by atomic mass is 9.96. The minimum Gasteiger partial charge on any atom is -0.494 e. The highest BCUT2D eigenvalue weighted by molar-refractivity contribution is 5.97. The smallest absolute Gasteiger partial charge is 0.145 e. The van der Waals surface area contributed by atoms with Gasteiger partial charge < -0.3 is 25.3 Å². The molecule has 3 N–H and O–H groups in total. The van der Waals surface area contributed by atoms with E-state index in [-0.39, 0.29) is 11.9 Å². The van der Waals surface area contributed by atoms with E-state index >= 15 is 0 Å². The summed E-state index contributed by atoms with van der Waals surface area (Å²) in [7, 11) is 5.44. The van der Waals surface area contributed by atoms with Crippen LogP contribution in [0.5, 0.6) is 5.75 Å². The number of ether oxygens (including phenoxy) is 1. The number of nitrogens with two attached hydrogens (primary N) is 1. The van der Waals surface area contributed by atoms with Gasteiger partial charge in [0.1, 0.15) is 28.7 Å². The van der Waals surface area contributed by atoms with E-state index in [9.17, 15) is 9.65 Å². The molecular formula is C28H30FN7O. The normalized spacial score (nSPS) is 14.1. The molecule has 3 heterocycles. The van der Waals surface area contributed by atoms with Gasteiger partial charge in [-0.2, -0.15) is 5.26 Å². The average Bonchev–Trinajstić information content (AvgIpc) is 3.31. The summed E-state index contributed by atoms with van der Waals surface area (Å²) in [6.45, 7) is 3.40. The van der Waals surface area contributed by atoms with Gasteiger partial charge >= 0.3 is 0 Å². The molecule has 0 atom stereocenters. The Morgan fingerprint density at radius 2 is 1.95 bits per heavy atom. The zero-order valence-electron chi connectivity index (χ0n) is 21.5. The maximum absolute atomic E-state index is 14.5. The molecule has 0 saturated carbocycles. The summed E-state index contributed by atoms with van der Waals surface area (Å²) in [5.74, 6) is 1.56. The second kappa shape index (κ2) is 9.71. The topological polar surface area (TPSA) is 107 Å². The van der Waals surface area contributed by atoms with Gasteiger partial charge in [-0.15, -0.1) is 0 Å². The third kappa shape index (κ3) is 4.56. The van der Waals surface area contributed by atoms with Gasteiger partial charge in [0.2, 0.25) is 0 Å². The largest absolute Gasteiger partial charge is 0.494 e. The van der Waals surface area contributed by atoms with Crippen LogP contribution in [0.4, 0.5) is 15.9 Å². The van der Waals surface area contributed by atoms with Gasteiger partial charge in [-0.25, -0.2) is 14.4 Å². The highest BCUT2D eigenvalue weighted by atomic mass is 19.1. The van der Waals surface area contributed by atoms with Crippen molar-refractivity contribution in [2.75, 3.05) is 44.1 Å². The Hall–Kier alpha value is -4.16. The van der Waals surface area contributed by atoms with Gasteiger partial charge in [0.15, 0.2) is 0 Å². The van der Waals surface area contributed by atoms with Crippen molar-refractivity contribution >= 4 is 22.5 Å². The Morgan fingerprint density at radius 1 is 1.19 bits per heavy atom. The molecule has 0 unspecified atom stereocenters. The second-order valence-corrected chi connectivity index (χ2v) is 9.73. The molecular weight excluding hydrogens is 469 g/mol. The fourth-order valence-electron chi connectivity index (χ4n) is 5.03. The van der Waals surface area contributed by atoms with Gasteiger partial charge in [0, 0.05) is 51.1 Å². The van der Waals surface area contributed by atoms with Crippen molar-refractivity contribution in [2.24, 2.45) is 5.73 Å². The van der Waals surface area contributed by atoms with E-state index < -0.39 is 0 Å². The summed E-state index contributed by atoms with van der Waals surface area (Å²) in [5.41, 5.74) is 12.2. The first-order chi connectivity index (χ1) is 17.8. The van der Waals surface area contributed by atoms with Crippen molar-refractivity contribution in [3.8, 4) is 34.3 Å². The number of piperidine rings is 1. The Labute approximate surface area is 215 Å². The average molecular weight is 500 g/mol. The maximum Gasteiger partial charge on any atom is 0.145 e. The lowest BCUT2D eigenvalue weighted by molar-refractivity contribution is 0.419. The number of nitrogens with one attached hydrogen (secondary N) is 1. The Bertz CT molecular complexity index is 1490. The van der Waals surface area contributed by atoms with Crippen molar-refractivity contribution < 1.29 is 9.13 Å². The number of halogens is 1. The fourth-order valence-corrected chi connectivity index (χ4v) is 5.03. The molecule has 0 spiro atoms. The molecule has 4 aromatic rings. The number of anilines is 2. The van der Waals surface area contributed by atoms with E-state index in [0.29, 0.717) is 28.2 Å². The Kier molecular flexibility index (Phi) is 6.44. The van der Waals surface area contributed by atoms with Crippen LogP contribution in [0.15, 0.2) is 36.5 Å². The van der Waals surface area contributed by atoms with Crippen LogP contribution >= 0.6 is 0 Å². The monoisotopic (exact) mass is 499 g/mol. The minimum atomic E-state index is -0.294. The fraction of sp³-hybridized carbons (Fsp3) is 0.321. The molecule has 1 saturated heterocycles. The first kappa shape index (κ1) is 24.5. The summed E-state index contributed by atoms with van der Waals surface area (Å²) in [6, 6.07) is 10.8. The summed E-state index contributed by atoms with van der Waals surface area (Å²) in [6.07, 6.45) is 3.51. The van der Waals surface area contributed by atoms with E-state index in [1.807, 2.05) is 38.2 Å². The molecule has 9 heteroatoms. The Morgan fingerprint density at radius 3 is 2.59 bits per heavy atom. The van der Waals surface area contributed by atoms with Crippen molar-refractivity contribution in [3.63, 3.8) is 0 Å². The van der Waals surface area contributed by atoms with Gasteiger partial charge in [-0.3, -0.25) is 0 Å². The summed E-state index contributed by atoms with van der Waals surface area (Å²) in [5, 5.41) is 9.49. The molecule has 2 aromatic heterocycles. The van der Waals surface area contributed by atoms with Crippen molar-refractivity contribution in [3.05, 3.63) is 53.5 Å². The van der Waals surface area contributed by atoms with Crippen molar-refractivity contribution in [1.82, 2.24) is 15.0 Å². The van der Waals surface area contributed by atoms with E-state index in [4.69, 9.17) is 20.4 Å². The Balaban J connectivity index is 1.83. The van der Waals surface area contributed by atoms with E-state index in [2.05, 4.69) is 16.0 Å². The predicted molar refractivity (Wildman–Crippen MR) is 144 cm³/mol. The van der Waals surface area contributed by atoms with Crippen LogP contribution in [0.2, 0.25) is 0 Å². The first-order valence-corrected chi connectivity index (χ1v) is 12.3. The third-order valence-electron chi connectivity index (χ3n) is 6.81. The zero-order chi connectivity index (χ0) is 26.3. The molecule has 0 bridgehead atoms. The number of H-pyrrole nitrogens is 1. The van der Waals surface area contributed by atoms with Crippen LogP contribution in [0.25, 0.3) is 33.5 Å². The van der Waals surface area contributed by atoms with Crippen LogP contribution in [-0.2, 0) is 0 Å². The number of nitriles is 1. The summed E-state index contributed by atoms with van der Waals surface area (Å²) in [4.78, 5) is 17.4. The SMILES string of the molecule is COc1cc(C#N)cc2nc(-c3c(N(C)C)ncc(-c4cc(C)cc(F)c4)c3N3CCC(N)CC3)[nH]c12. The number of aromatic nitrogens is 3. The summed E-state index contributed by atoms with van der Waals surface area (Å²) < 4.78 is 20.1. The predicted octanol–water partition coefficient (Wildman–Crippen LogP) is 4.61. The zero-order valence-corrected chi connectivity index (χ0v) is 21.5. The standard InChI is InChI=1S/C28H30FN7O/c1-16-9-18(13-19(29)10-16)21-15-32-28(35(2)3)24(26(21)36-7-5-20(31)6-8-36)27-33-22-11-17(14-30)12-23(37-4)25(22)34-27/h9-13,15,20H,5-8,31H2,1-4H3,(H,33,34). The van der Waals surface area contributed by atoms with Gasteiger partial charge in [0.25, 0.3) is 0 Å². The number of pyridine rings is 1. The minimum absolute atomic E-state index is 0.148. The molecule has 190 valence electrons. The summed E-state index contributed by atoms with van der Waals surface area (Å²) >= 11 is 0. The highest BCUT2D eigenvalue weighted by Gasteiger charge is 2.28. The quantitative estimate of drug-likeness (QED) is 0.413. The molecule has 1 aliphatic heterocycles. The maximum atomic E-state index is 14.5. The first-order valence-electron chi connectivity index (χ1n) is 12.3. The van der Waals surface area contributed by atoms with Gasteiger partial charge in [-0.1, -0.05) is 6.07 Å². The van der Waals surface area contributed by atoms with E-state index in [1.165, 1.54) is 6.07 Å². The molecule has 0 aliphatic carbocycles. The molecule has 1 fully saturated rings. The van der Waals surface area contributed by atoms with Crippen molar-refractivity contribution in [2.45, 2.75) is 25.8 Å². The highest BCUT2D eigenvalue weighted by Crippen LogP contribution is 2.45. The number of hydrogen-bond acceptors (Lipinski definition) is 7. The number of nitrogens with zero attached hydrogens (tertiary/aromatic N) is 5. The molecule has 0 radical (unpaired) electrons. The van der Waals surface area contributed by atoms with Crippen LogP contribution < -0.4 is 20.3 Å². The molecule has 8 nitrogen and oxygen atoms in total. The number of benzene rings is 2. The van der Waals surface area contributed by atoms with Crippen LogP contribution in [0.3, 0.4) is 0 Å². The number of aromatic amines is 1. The number of imidazole rings is 1. The molecule has 1 aliphatic rings. The lowest BCUT2D eigenvalue weighted by Gasteiger charge is -2.35. The molecule has 37 heavy (non-hydrogen) atoms. The van der Waals surface area contributed by atoms with Crippen LogP contribution in [0.1, 0.15) is 24.0 Å². The molecule has 0 amide bonds. The van der Waals surface area contributed by atoms with Gasteiger partial charge in [-0.05, 0) is 49.1 Å². The van der Waals surface area contributed by atoms with Crippen molar-refractivity contribution in [1.29, 1.82) is 5.26 Å². The van der Waals surface area contributed by atoms with Crippen LogP contribution in [-0.4, -0.2) is 55.3 Å².